The van der Waals surface area contributed by atoms with Crippen molar-refractivity contribution in [2.24, 2.45) is 11.8 Å². The summed E-state index contributed by atoms with van der Waals surface area (Å²) in [5, 5.41) is 3.66. The van der Waals surface area contributed by atoms with Crippen LogP contribution in [0.5, 0.6) is 0 Å². The molecule has 0 aliphatic heterocycles. The summed E-state index contributed by atoms with van der Waals surface area (Å²) < 4.78 is 0. The first kappa shape index (κ1) is 12.6. The highest BCUT2D eigenvalue weighted by Gasteiger charge is 2.22. The third kappa shape index (κ3) is 3.85. The molecule has 1 aromatic rings. The topological polar surface area (TPSA) is 12.0 Å². The Morgan fingerprint density at radius 3 is 2.53 bits per heavy atom. The van der Waals surface area contributed by atoms with Gasteiger partial charge in [0.1, 0.15) is 0 Å². The van der Waals surface area contributed by atoms with Gasteiger partial charge >= 0.3 is 0 Å². The molecular formula is C16H25N. The van der Waals surface area contributed by atoms with Crippen molar-refractivity contribution < 1.29 is 0 Å². The Morgan fingerprint density at radius 2 is 1.94 bits per heavy atom. The molecule has 94 valence electrons. The van der Waals surface area contributed by atoms with Gasteiger partial charge in [0.25, 0.3) is 0 Å². The molecule has 1 aliphatic rings. The average molecular weight is 231 g/mol. The zero-order valence-electron chi connectivity index (χ0n) is 11.2. The predicted molar refractivity (Wildman–Crippen MR) is 74.2 cm³/mol. The van der Waals surface area contributed by atoms with Crippen LogP contribution in [0.2, 0.25) is 0 Å². The van der Waals surface area contributed by atoms with Gasteiger partial charge in [-0.1, -0.05) is 50.6 Å². The van der Waals surface area contributed by atoms with E-state index in [1.807, 2.05) is 0 Å². The third-order valence-electron chi connectivity index (χ3n) is 4.05. The monoisotopic (exact) mass is 231 g/mol. The molecule has 0 heterocycles. The van der Waals surface area contributed by atoms with Crippen LogP contribution in [-0.4, -0.2) is 13.1 Å². The Kier molecular flexibility index (Phi) is 4.61. The molecule has 1 N–H and O–H groups in total. The van der Waals surface area contributed by atoms with Gasteiger partial charge in [0.2, 0.25) is 0 Å². The molecule has 1 fully saturated rings. The molecule has 0 aromatic heterocycles. The van der Waals surface area contributed by atoms with Crippen LogP contribution in [-0.2, 0) is 0 Å². The number of benzene rings is 1. The molecule has 0 radical (unpaired) electrons. The maximum Gasteiger partial charge on any atom is 0.00228 e. The minimum absolute atomic E-state index is 0.667. The summed E-state index contributed by atoms with van der Waals surface area (Å²) in [5.74, 6) is 2.40. The van der Waals surface area contributed by atoms with Crippen molar-refractivity contribution in [3.63, 3.8) is 0 Å². The fourth-order valence-electron chi connectivity index (χ4n) is 2.40. The molecule has 0 saturated heterocycles. The minimum atomic E-state index is 0.667. The minimum Gasteiger partial charge on any atom is -0.316 e. The molecular weight excluding hydrogens is 206 g/mol. The predicted octanol–water partition coefficient (Wildman–Crippen LogP) is 3.82. The van der Waals surface area contributed by atoms with Crippen molar-refractivity contribution in [3.8, 4) is 0 Å². The molecule has 0 bridgehead atoms. The molecule has 1 aromatic carbocycles. The van der Waals surface area contributed by atoms with Gasteiger partial charge in [0.05, 0.1) is 0 Å². The lowest BCUT2D eigenvalue weighted by atomic mass is 9.85. The highest BCUT2D eigenvalue weighted by atomic mass is 14.9. The van der Waals surface area contributed by atoms with Crippen molar-refractivity contribution in [2.75, 3.05) is 13.1 Å². The van der Waals surface area contributed by atoms with Gasteiger partial charge in [-0.3, -0.25) is 0 Å². The van der Waals surface area contributed by atoms with E-state index in [0.717, 1.165) is 18.4 Å². The molecule has 0 spiro atoms. The lowest BCUT2D eigenvalue weighted by Crippen LogP contribution is -2.27. The summed E-state index contributed by atoms with van der Waals surface area (Å²) >= 11 is 0. The second-order valence-corrected chi connectivity index (χ2v) is 5.50. The summed E-state index contributed by atoms with van der Waals surface area (Å²) in [5.41, 5.74) is 1.49. The van der Waals surface area contributed by atoms with Gasteiger partial charge in [-0.2, -0.15) is 0 Å². The van der Waals surface area contributed by atoms with E-state index in [0.29, 0.717) is 5.92 Å². The largest absolute Gasteiger partial charge is 0.316 e. The SMILES string of the molecule is CCC(C)C(CNCC1CC1)c1ccccc1. The molecule has 17 heavy (non-hydrogen) atoms. The van der Waals surface area contributed by atoms with E-state index in [9.17, 15) is 0 Å². The maximum atomic E-state index is 3.66. The zero-order valence-corrected chi connectivity index (χ0v) is 11.2. The highest BCUT2D eigenvalue weighted by Crippen LogP contribution is 2.29. The van der Waals surface area contributed by atoms with Crippen molar-refractivity contribution in [2.45, 2.75) is 39.0 Å². The van der Waals surface area contributed by atoms with Crippen LogP contribution in [0.3, 0.4) is 0 Å². The smallest absolute Gasteiger partial charge is 0.00228 e. The van der Waals surface area contributed by atoms with Crippen molar-refractivity contribution in [1.82, 2.24) is 5.32 Å². The normalized spacial score (nSPS) is 18.9. The van der Waals surface area contributed by atoms with Crippen LogP contribution in [0.1, 0.15) is 44.6 Å². The third-order valence-corrected chi connectivity index (χ3v) is 4.05. The van der Waals surface area contributed by atoms with E-state index in [1.54, 1.807) is 0 Å². The van der Waals surface area contributed by atoms with Crippen molar-refractivity contribution in [3.05, 3.63) is 35.9 Å². The number of nitrogens with one attached hydrogen (secondary N) is 1. The molecule has 1 saturated carbocycles. The van der Waals surface area contributed by atoms with Crippen LogP contribution < -0.4 is 5.32 Å². The first-order valence-electron chi connectivity index (χ1n) is 7.07. The standard InChI is InChI=1S/C16H25N/c1-3-13(2)16(12-17-11-14-9-10-14)15-7-5-4-6-8-15/h4-8,13-14,16-17H,3,9-12H2,1-2H3. The Hall–Kier alpha value is -0.820. The first-order valence-corrected chi connectivity index (χ1v) is 7.07. The molecule has 1 nitrogen and oxygen atoms in total. The summed E-state index contributed by atoms with van der Waals surface area (Å²) in [7, 11) is 0. The summed E-state index contributed by atoms with van der Waals surface area (Å²) in [6.07, 6.45) is 4.13. The molecule has 2 unspecified atom stereocenters. The zero-order chi connectivity index (χ0) is 12.1. The van der Waals surface area contributed by atoms with Gasteiger partial charge < -0.3 is 5.32 Å². The fraction of sp³-hybridized carbons (Fsp3) is 0.625. The molecule has 2 rings (SSSR count). The van der Waals surface area contributed by atoms with E-state index in [2.05, 4.69) is 49.5 Å². The highest BCUT2D eigenvalue weighted by molar-refractivity contribution is 5.20. The molecule has 1 aliphatic carbocycles. The second-order valence-electron chi connectivity index (χ2n) is 5.50. The van der Waals surface area contributed by atoms with Gasteiger partial charge in [0.15, 0.2) is 0 Å². The fourth-order valence-corrected chi connectivity index (χ4v) is 2.40. The summed E-state index contributed by atoms with van der Waals surface area (Å²) in [6.45, 7) is 7.02. The second kappa shape index (κ2) is 6.20. The summed E-state index contributed by atoms with van der Waals surface area (Å²) in [6, 6.07) is 11.0. The Balaban J connectivity index is 1.92. The molecule has 2 atom stereocenters. The number of hydrogen-bond acceptors (Lipinski definition) is 1. The van der Waals surface area contributed by atoms with Crippen molar-refractivity contribution >= 4 is 0 Å². The molecule has 0 amide bonds. The van der Waals surface area contributed by atoms with Gasteiger partial charge in [-0.05, 0) is 42.7 Å². The van der Waals surface area contributed by atoms with Crippen LogP contribution in [0.25, 0.3) is 0 Å². The number of rotatable bonds is 7. The van der Waals surface area contributed by atoms with E-state index in [4.69, 9.17) is 0 Å². The van der Waals surface area contributed by atoms with Crippen LogP contribution >= 0.6 is 0 Å². The van der Waals surface area contributed by atoms with E-state index < -0.39 is 0 Å². The van der Waals surface area contributed by atoms with Crippen LogP contribution in [0.15, 0.2) is 30.3 Å². The van der Waals surface area contributed by atoms with Gasteiger partial charge in [0, 0.05) is 6.54 Å². The maximum absolute atomic E-state index is 3.66. The first-order chi connectivity index (χ1) is 8.31. The van der Waals surface area contributed by atoms with E-state index >= 15 is 0 Å². The van der Waals surface area contributed by atoms with Crippen LogP contribution in [0.4, 0.5) is 0 Å². The van der Waals surface area contributed by atoms with Crippen molar-refractivity contribution in [1.29, 1.82) is 0 Å². The quantitative estimate of drug-likeness (QED) is 0.752. The lowest BCUT2D eigenvalue weighted by Gasteiger charge is -2.24. The Morgan fingerprint density at radius 1 is 1.24 bits per heavy atom. The average Bonchev–Trinajstić information content (AvgIpc) is 3.19. The van der Waals surface area contributed by atoms with E-state index in [1.165, 1.54) is 31.4 Å². The summed E-state index contributed by atoms with van der Waals surface area (Å²) in [4.78, 5) is 0. The molecule has 1 heteroatoms. The Labute approximate surface area is 106 Å². The lowest BCUT2D eigenvalue weighted by molar-refractivity contribution is 0.417. The number of hydrogen-bond donors (Lipinski definition) is 1. The van der Waals surface area contributed by atoms with Gasteiger partial charge in [-0.25, -0.2) is 0 Å². The van der Waals surface area contributed by atoms with E-state index in [-0.39, 0.29) is 0 Å². The van der Waals surface area contributed by atoms with Crippen LogP contribution in [0, 0.1) is 11.8 Å². The van der Waals surface area contributed by atoms with Gasteiger partial charge in [-0.15, -0.1) is 0 Å². The Bertz CT molecular complexity index is 316.